The van der Waals surface area contributed by atoms with Crippen LogP contribution in [-0.4, -0.2) is 31.3 Å². The first-order chi connectivity index (χ1) is 7.45. The molecule has 1 unspecified atom stereocenters. The zero-order chi connectivity index (χ0) is 12.6. The Morgan fingerprint density at radius 2 is 1.88 bits per heavy atom. The third-order valence-electron chi connectivity index (χ3n) is 2.13. The van der Waals surface area contributed by atoms with Crippen LogP contribution in [0.1, 0.15) is 41.0 Å². The SMILES string of the molecule is CCOC(=O)NC(CNC(C)C)CC(C)C. The molecule has 0 heterocycles. The van der Waals surface area contributed by atoms with Crippen LogP contribution in [0.2, 0.25) is 0 Å². The summed E-state index contributed by atoms with van der Waals surface area (Å²) in [6.07, 6.45) is 0.636. The van der Waals surface area contributed by atoms with Crippen molar-refractivity contribution in [3.05, 3.63) is 0 Å². The van der Waals surface area contributed by atoms with Crippen molar-refractivity contribution in [2.75, 3.05) is 13.2 Å². The molecule has 1 atom stereocenters. The maximum atomic E-state index is 11.3. The van der Waals surface area contributed by atoms with Gasteiger partial charge >= 0.3 is 6.09 Å². The summed E-state index contributed by atoms with van der Waals surface area (Å²) in [6, 6.07) is 0.570. The van der Waals surface area contributed by atoms with Gasteiger partial charge in [-0.3, -0.25) is 0 Å². The predicted molar refractivity (Wildman–Crippen MR) is 66.5 cm³/mol. The highest BCUT2D eigenvalue weighted by atomic mass is 16.5. The summed E-state index contributed by atoms with van der Waals surface area (Å²) in [4.78, 5) is 11.3. The van der Waals surface area contributed by atoms with Gasteiger partial charge in [-0.1, -0.05) is 27.7 Å². The maximum absolute atomic E-state index is 11.3. The van der Waals surface area contributed by atoms with Crippen molar-refractivity contribution in [1.82, 2.24) is 10.6 Å². The number of amides is 1. The Morgan fingerprint density at radius 3 is 2.31 bits per heavy atom. The number of ether oxygens (including phenoxy) is 1. The molecule has 2 N–H and O–H groups in total. The number of hydrogen-bond donors (Lipinski definition) is 2. The van der Waals surface area contributed by atoms with Crippen molar-refractivity contribution in [2.24, 2.45) is 5.92 Å². The first-order valence-corrected chi connectivity index (χ1v) is 6.12. The van der Waals surface area contributed by atoms with Crippen LogP contribution >= 0.6 is 0 Å². The number of carbonyl (C=O) groups is 1. The van der Waals surface area contributed by atoms with E-state index < -0.39 is 0 Å². The molecule has 16 heavy (non-hydrogen) atoms. The molecule has 0 radical (unpaired) electrons. The molecule has 0 bridgehead atoms. The van der Waals surface area contributed by atoms with Gasteiger partial charge in [0.2, 0.25) is 0 Å². The minimum atomic E-state index is -0.321. The van der Waals surface area contributed by atoms with Crippen molar-refractivity contribution in [1.29, 1.82) is 0 Å². The number of hydrogen-bond acceptors (Lipinski definition) is 3. The standard InChI is InChI=1S/C12H26N2O2/c1-6-16-12(15)14-11(7-9(2)3)8-13-10(4)5/h9-11,13H,6-8H2,1-5H3,(H,14,15). The van der Waals surface area contributed by atoms with Crippen molar-refractivity contribution in [3.8, 4) is 0 Å². The normalized spacial score (nSPS) is 12.9. The lowest BCUT2D eigenvalue weighted by atomic mass is 10.0. The van der Waals surface area contributed by atoms with Crippen LogP contribution in [0.4, 0.5) is 4.79 Å². The van der Waals surface area contributed by atoms with E-state index in [1.54, 1.807) is 0 Å². The second-order valence-corrected chi connectivity index (χ2v) is 4.75. The molecule has 0 aromatic carbocycles. The average molecular weight is 230 g/mol. The molecule has 0 aliphatic rings. The van der Waals surface area contributed by atoms with Crippen LogP contribution < -0.4 is 10.6 Å². The maximum Gasteiger partial charge on any atom is 0.407 e. The molecule has 0 rings (SSSR count). The Morgan fingerprint density at radius 1 is 1.25 bits per heavy atom. The summed E-state index contributed by atoms with van der Waals surface area (Å²) in [5.74, 6) is 0.556. The fraction of sp³-hybridized carbons (Fsp3) is 0.917. The first-order valence-electron chi connectivity index (χ1n) is 6.12. The summed E-state index contributed by atoms with van der Waals surface area (Å²) >= 11 is 0. The molecule has 0 saturated carbocycles. The summed E-state index contributed by atoms with van der Waals surface area (Å²) in [7, 11) is 0. The van der Waals surface area contributed by atoms with E-state index in [1.165, 1.54) is 0 Å². The Bertz CT molecular complexity index is 193. The van der Waals surface area contributed by atoms with Gasteiger partial charge in [0.05, 0.1) is 6.61 Å². The van der Waals surface area contributed by atoms with E-state index in [-0.39, 0.29) is 12.1 Å². The van der Waals surface area contributed by atoms with Crippen molar-refractivity contribution in [2.45, 2.75) is 53.1 Å². The van der Waals surface area contributed by atoms with E-state index in [1.807, 2.05) is 6.92 Å². The van der Waals surface area contributed by atoms with Crippen LogP contribution in [0, 0.1) is 5.92 Å². The van der Waals surface area contributed by atoms with Crippen LogP contribution in [0.15, 0.2) is 0 Å². The van der Waals surface area contributed by atoms with Gasteiger partial charge in [0.25, 0.3) is 0 Å². The fourth-order valence-electron chi connectivity index (χ4n) is 1.48. The summed E-state index contributed by atoms with van der Waals surface area (Å²) in [5.41, 5.74) is 0. The molecular formula is C12H26N2O2. The molecule has 4 heteroatoms. The highest BCUT2D eigenvalue weighted by molar-refractivity contribution is 5.67. The smallest absolute Gasteiger partial charge is 0.407 e. The Hall–Kier alpha value is -0.770. The number of nitrogens with one attached hydrogen (secondary N) is 2. The van der Waals surface area contributed by atoms with Gasteiger partial charge in [0.1, 0.15) is 0 Å². The van der Waals surface area contributed by atoms with Gasteiger partial charge < -0.3 is 15.4 Å². The van der Waals surface area contributed by atoms with Gasteiger partial charge in [-0.25, -0.2) is 4.79 Å². The third kappa shape index (κ3) is 8.53. The quantitative estimate of drug-likeness (QED) is 0.704. The predicted octanol–water partition coefficient (Wildman–Crippen LogP) is 2.15. The molecule has 0 fully saturated rings. The first kappa shape index (κ1) is 15.2. The molecule has 1 amide bonds. The minimum absolute atomic E-state index is 0.140. The van der Waals surface area contributed by atoms with Crippen molar-refractivity contribution < 1.29 is 9.53 Å². The van der Waals surface area contributed by atoms with Crippen molar-refractivity contribution in [3.63, 3.8) is 0 Å². The van der Waals surface area contributed by atoms with E-state index in [0.29, 0.717) is 18.6 Å². The summed E-state index contributed by atoms with van der Waals surface area (Å²) in [5, 5.41) is 6.21. The lowest BCUT2D eigenvalue weighted by molar-refractivity contribution is 0.146. The topological polar surface area (TPSA) is 50.4 Å². The van der Waals surface area contributed by atoms with E-state index in [9.17, 15) is 4.79 Å². The third-order valence-corrected chi connectivity index (χ3v) is 2.13. The molecule has 4 nitrogen and oxygen atoms in total. The molecule has 0 saturated heterocycles. The zero-order valence-electron chi connectivity index (χ0n) is 11.2. The fourth-order valence-corrected chi connectivity index (χ4v) is 1.48. The van der Waals surface area contributed by atoms with E-state index in [0.717, 1.165) is 13.0 Å². The van der Waals surface area contributed by atoms with Crippen LogP contribution in [-0.2, 0) is 4.74 Å². The second-order valence-electron chi connectivity index (χ2n) is 4.75. The molecule has 0 aromatic heterocycles. The van der Waals surface area contributed by atoms with Crippen LogP contribution in [0.25, 0.3) is 0 Å². The summed E-state index contributed by atoms with van der Waals surface area (Å²) < 4.78 is 4.88. The molecule has 0 aliphatic heterocycles. The van der Waals surface area contributed by atoms with Gasteiger partial charge in [0.15, 0.2) is 0 Å². The zero-order valence-corrected chi connectivity index (χ0v) is 11.2. The van der Waals surface area contributed by atoms with E-state index in [2.05, 4.69) is 38.3 Å². The van der Waals surface area contributed by atoms with E-state index in [4.69, 9.17) is 4.74 Å². The highest BCUT2D eigenvalue weighted by Crippen LogP contribution is 2.04. The summed E-state index contributed by atoms with van der Waals surface area (Å²) in [6.45, 7) is 11.5. The lowest BCUT2D eigenvalue weighted by Gasteiger charge is -2.22. The Kier molecular flexibility index (Phi) is 7.99. The molecule has 0 aromatic rings. The molecule has 0 aliphatic carbocycles. The highest BCUT2D eigenvalue weighted by Gasteiger charge is 2.14. The lowest BCUT2D eigenvalue weighted by Crippen LogP contribution is -2.44. The van der Waals surface area contributed by atoms with Crippen LogP contribution in [0.3, 0.4) is 0 Å². The largest absolute Gasteiger partial charge is 0.450 e. The van der Waals surface area contributed by atoms with Gasteiger partial charge in [-0.2, -0.15) is 0 Å². The molecule has 96 valence electrons. The Labute approximate surface area is 99.1 Å². The van der Waals surface area contributed by atoms with Gasteiger partial charge in [-0.05, 0) is 19.3 Å². The number of rotatable bonds is 7. The second kappa shape index (κ2) is 8.39. The van der Waals surface area contributed by atoms with Crippen molar-refractivity contribution >= 4 is 6.09 Å². The van der Waals surface area contributed by atoms with Gasteiger partial charge in [0, 0.05) is 18.6 Å². The van der Waals surface area contributed by atoms with Crippen LogP contribution in [0.5, 0.6) is 0 Å². The van der Waals surface area contributed by atoms with E-state index >= 15 is 0 Å². The number of carbonyl (C=O) groups excluding carboxylic acids is 1. The average Bonchev–Trinajstić information content (AvgIpc) is 2.13. The van der Waals surface area contributed by atoms with Gasteiger partial charge in [-0.15, -0.1) is 0 Å². The Balaban J connectivity index is 4.03. The molecule has 0 spiro atoms. The minimum Gasteiger partial charge on any atom is -0.450 e. The number of alkyl carbamates (subject to hydrolysis) is 1. The molecular weight excluding hydrogens is 204 g/mol. The monoisotopic (exact) mass is 230 g/mol.